The van der Waals surface area contributed by atoms with Crippen molar-refractivity contribution in [2.75, 3.05) is 6.61 Å². The number of hydrogen-bond donors (Lipinski definition) is 1. The lowest BCUT2D eigenvalue weighted by Crippen LogP contribution is -2.10. The fraction of sp³-hybridized carbons (Fsp3) is 0.429. The summed E-state index contributed by atoms with van der Waals surface area (Å²) >= 11 is 0. The smallest absolute Gasteiger partial charge is 0.316 e. The van der Waals surface area contributed by atoms with Crippen molar-refractivity contribution in [1.29, 1.82) is 0 Å². The lowest BCUT2D eigenvalue weighted by molar-refractivity contribution is 0.0769. The molecule has 1 rings (SSSR count). The van der Waals surface area contributed by atoms with Crippen LogP contribution in [0, 0.1) is 0 Å². The predicted molar refractivity (Wildman–Crippen MR) is 41.4 cm³/mol. The van der Waals surface area contributed by atoms with Crippen LogP contribution in [0.3, 0.4) is 0 Å². The first-order valence-corrected chi connectivity index (χ1v) is 3.65. The number of ether oxygens (including phenoxy) is 1. The van der Waals surface area contributed by atoms with Crippen LogP contribution in [0.4, 0.5) is 8.78 Å². The van der Waals surface area contributed by atoms with Crippen molar-refractivity contribution in [2.24, 2.45) is 5.73 Å². The minimum absolute atomic E-state index is 0.0664. The molecule has 0 fully saturated rings. The van der Waals surface area contributed by atoms with E-state index in [1.807, 2.05) is 0 Å². The van der Waals surface area contributed by atoms with E-state index in [4.69, 9.17) is 5.73 Å². The molecule has 1 heterocycles. The highest BCUT2D eigenvalue weighted by atomic mass is 19.3. The first-order valence-electron chi connectivity index (χ1n) is 3.65. The molecular formula is C7H9F2N3O. The van der Waals surface area contributed by atoms with Gasteiger partial charge in [-0.05, 0) is 6.07 Å². The average molecular weight is 189 g/mol. The van der Waals surface area contributed by atoms with Crippen molar-refractivity contribution in [1.82, 2.24) is 9.97 Å². The van der Waals surface area contributed by atoms with Crippen molar-refractivity contribution in [3.05, 3.63) is 18.0 Å². The molecular weight excluding hydrogens is 180 g/mol. The fourth-order valence-corrected chi connectivity index (χ4v) is 0.697. The zero-order chi connectivity index (χ0) is 9.68. The molecule has 0 aliphatic heterocycles. The van der Waals surface area contributed by atoms with Crippen LogP contribution in [-0.2, 0) is 6.54 Å². The summed E-state index contributed by atoms with van der Waals surface area (Å²) in [6, 6.07) is 1.53. The summed E-state index contributed by atoms with van der Waals surface area (Å²) < 4.78 is 28.0. The van der Waals surface area contributed by atoms with Crippen LogP contribution in [0.5, 0.6) is 6.01 Å². The predicted octanol–water partition coefficient (Wildman–Crippen LogP) is 0.579. The molecule has 0 unspecified atom stereocenters. The van der Waals surface area contributed by atoms with E-state index in [0.29, 0.717) is 5.69 Å². The summed E-state index contributed by atoms with van der Waals surface area (Å²) in [6.45, 7) is -0.471. The highest BCUT2D eigenvalue weighted by Crippen LogP contribution is 2.03. The van der Waals surface area contributed by atoms with Crippen molar-refractivity contribution in [3.8, 4) is 6.01 Å². The van der Waals surface area contributed by atoms with E-state index in [-0.39, 0.29) is 12.6 Å². The number of alkyl halides is 2. The van der Waals surface area contributed by atoms with Crippen LogP contribution in [0.25, 0.3) is 0 Å². The molecule has 1 aromatic heterocycles. The van der Waals surface area contributed by atoms with E-state index < -0.39 is 13.0 Å². The van der Waals surface area contributed by atoms with Gasteiger partial charge in [0, 0.05) is 12.7 Å². The molecule has 0 atom stereocenters. The Kier molecular flexibility index (Phi) is 3.51. The lowest BCUT2D eigenvalue weighted by atomic mass is 10.4. The van der Waals surface area contributed by atoms with Crippen molar-refractivity contribution in [3.63, 3.8) is 0 Å². The molecule has 0 saturated heterocycles. The molecule has 0 radical (unpaired) electrons. The largest absolute Gasteiger partial charge is 0.457 e. The quantitative estimate of drug-likeness (QED) is 0.752. The Balaban J connectivity index is 2.56. The van der Waals surface area contributed by atoms with E-state index in [1.54, 1.807) is 6.07 Å². The van der Waals surface area contributed by atoms with Gasteiger partial charge in [0.05, 0.1) is 5.69 Å². The van der Waals surface area contributed by atoms with E-state index in [9.17, 15) is 8.78 Å². The Morgan fingerprint density at radius 3 is 2.92 bits per heavy atom. The maximum atomic E-state index is 11.7. The molecule has 13 heavy (non-hydrogen) atoms. The number of nitrogens with two attached hydrogens (primary N) is 1. The summed E-state index contributed by atoms with van der Waals surface area (Å²) in [7, 11) is 0. The maximum absolute atomic E-state index is 11.7. The van der Waals surface area contributed by atoms with Gasteiger partial charge < -0.3 is 10.5 Å². The monoisotopic (exact) mass is 189 g/mol. The zero-order valence-corrected chi connectivity index (χ0v) is 6.78. The van der Waals surface area contributed by atoms with Gasteiger partial charge >= 0.3 is 6.01 Å². The Morgan fingerprint density at radius 2 is 2.31 bits per heavy atom. The Bertz CT molecular complexity index is 270. The van der Waals surface area contributed by atoms with Crippen LogP contribution in [0.2, 0.25) is 0 Å². The van der Waals surface area contributed by atoms with Crippen molar-refractivity contribution < 1.29 is 13.5 Å². The molecule has 0 aliphatic rings. The van der Waals surface area contributed by atoms with Gasteiger partial charge in [0.25, 0.3) is 6.43 Å². The second-order valence-corrected chi connectivity index (χ2v) is 2.24. The third kappa shape index (κ3) is 3.29. The highest BCUT2D eigenvalue weighted by molar-refractivity contribution is 5.04. The SMILES string of the molecule is NCc1ccnc(OCC(F)F)n1. The van der Waals surface area contributed by atoms with Gasteiger partial charge in [0.2, 0.25) is 0 Å². The molecule has 4 nitrogen and oxygen atoms in total. The molecule has 0 amide bonds. The molecule has 0 bridgehead atoms. The molecule has 72 valence electrons. The van der Waals surface area contributed by atoms with Crippen LogP contribution in [0.1, 0.15) is 5.69 Å². The highest BCUT2D eigenvalue weighted by Gasteiger charge is 2.05. The van der Waals surface area contributed by atoms with Crippen molar-refractivity contribution >= 4 is 0 Å². The van der Waals surface area contributed by atoms with E-state index in [2.05, 4.69) is 14.7 Å². The number of rotatable bonds is 4. The minimum Gasteiger partial charge on any atom is -0.457 e. The van der Waals surface area contributed by atoms with Crippen molar-refractivity contribution in [2.45, 2.75) is 13.0 Å². The van der Waals surface area contributed by atoms with E-state index in [0.717, 1.165) is 0 Å². The van der Waals surface area contributed by atoms with Crippen LogP contribution < -0.4 is 10.5 Å². The normalized spacial score (nSPS) is 10.5. The van der Waals surface area contributed by atoms with Gasteiger partial charge in [0.1, 0.15) is 0 Å². The van der Waals surface area contributed by atoms with Gasteiger partial charge in [-0.15, -0.1) is 0 Å². The van der Waals surface area contributed by atoms with Gasteiger partial charge in [0.15, 0.2) is 6.61 Å². The number of aromatic nitrogens is 2. The molecule has 0 saturated carbocycles. The van der Waals surface area contributed by atoms with E-state index >= 15 is 0 Å². The second kappa shape index (κ2) is 4.66. The number of halogens is 2. The van der Waals surface area contributed by atoms with Gasteiger partial charge in [-0.2, -0.15) is 4.98 Å². The Morgan fingerprint density at radius 1 is 1.54 bits per heavy atom. The fourth-order valence-electron chi connectivity index (χ4n) is 0.697. The van der Waals surface area contributed by atoms with E-state index in [1.165, 1.54) is 6.20 Å². The molecule has 0 aliphatic carbocycles. The maximum Gasteiger partial charge on any atom is 0.316 e. The Labute approximate surface area is 73.8 Å². The zero-order valence-electron chi connectivity index (χ0n) is 6.78. The summed E-state index contributed by atoms with van der Waals surface area (Å²) in [5, 5.41) is 0. The average Bonchev–Trinajstić information content (AvgIpc) is 2.15. The topological polar surface area (TPSA) is 61.0 Å². The molecule has 6 heteroatoms. The Hall–Kier alpha value is -1.30. The molecule has 1 aromatic rings. The standard InChI is InChI=1S/C7H9F2N3O/c8-6(9)4-13-7-11-2-1-5(3-10)12-7/h1-2,6H,3-4,10H2. The summed E-state index contributed by atoms with van der Waals surface area (Å²) in [5.41, 5.74) is 5.84. The third-order valence-electron chi connectivity index (χ3n) is 1.24. The molecule has 0 aromatic carbocycles. The van der Waals surface area contributed by atoms with Crippen LogP contribution in [-0.4, -0.2) is 23.0 Å². The van der Waals surface area contributed by atoms with Crippen LogP contribution >= 0.6 is 0 Å². The van der Waals surface area contributed by atoms with Gasteiger partial charge in [-0.25, -0.2) is 13.8 Å². The summed E-state index contributed by atoms with van der Waals surface area (Å²) in [6.07, 6.45) is -1.11. The minimum atomic E-state index is -2.52. The second-order valence-electron chi connectivity index (χ2n) is 2.24. The summed E-state index contributed by atoms with van der Waals surface area (Å²) in [4.78, 5) is 7.41. The number of hydrogen-bond acceptors (Lipinski definition) is 4. The first-order chi connectivity index (χ1) is 6.22. The summed E-state index contributed by atoms with van der Waals surface area (Å²) in [5.74, 6) is 0. The molecule has 2 N–H and O–H groups in total. The molecule has 0 spiro atoms. The van der Waals surface area contributed by atoms with Gasteiger partial charge in [-0.1, -0.05) is 0 Å². The third-order valence-corrected chi connectivity index (χ3v) is 1.24. The van der Waals surface area contributed by atoms with Gasteiger partial charge in [-0.3, -0.25) is 0 Å². The first kappa shape index (κ1) is 9.79. The van der Waals surface area contributed by atoms with Crippen LogP contribution in [0.15, 0.2) is 12.3 Å². The number of nitrogens with zero attached hydrogens (tertiary/aromatic N) is 2. The lowest BCUT2D eigenvalue weighted by Gasteiger charge is -2.03.